The fourth-order valence-electron chi connectivity index (χ4n) is 2.07. The minimum atomic E-state index is 0. The first-order valence-corrected chi connectivity index (χ1v) is 6.53. The molecule has 19 heavy (non-hydrogen) atoms. The molecular formula is C13H19Cl2N3O. The maximum atomic E-state index is 11.9. The zero-order valence-electron chi connectivity index (χ0n) is 10.9. The van der Waals surface area contributed by atoms with Gasteiger partial charge < -0.3 is 10.6 Å². The Balaban J connectivity index is 0.00000180. The molecule has 0 unspecified atom stereocenters. The average molecular weight is 304 g/mol. The molecule has 0 radical (unpaired) electrons. The normalized spacial score (nSPS) is 19.6. The van der Waals surface area contributed by atoms with E-state index in [-0.39, 0.29) is 18.3 Å². The second kappa shape index (κ2) is 7.70. The lowest BCUT2D eigenvalue weighted by Crippen LogP contribution is -2.51. The quantitative estimate of drug-likeness (QED) is 0.897. The molecular weight excluding hydrogens is 285 g/mol. The van der Waals surface area contributed by atoms with E-state index in [9.17, 15) is 4.79 Å². The maximum Gasteiger partial charge on any atom is 0.238 e. The number of benzene rings is 1. The van der Waals surface area contributed by atoms with Gasteiger partial charge in [0.1, 0.15) is 0 Å². The predicted molar refractivity (Wildman–Crippen MR) is 81.2 cm³/mol. The standard InChI is InChI=1S/C13H18ClN3O.ClH/c1-10-8-15-5-6-17(10)9-13(18)16-12-4-2-3-11(14)7-12;/h2-4,7,10,15H,5-6,8-9H2,1H3,(H,16,18);1H/t10-;/m1./s1. The fourth-order valence-corrected chi connectivity index (χ4v) is 2.26. The highest BCUT2D eigenvalue weighted by molar-refractivity contribution is 6.30. The molecule has 6 heteroatoms. The van der Waals surface area contributed by atoms with Crippen LogP contribution in [0.5, 0.6) is 0 Å². The Bertz CT molecular complexity index is 428. The van der Waals surface area contributed by atoms with Crippen molar-refractivity contribution in [2.75, 3.05) is 31.5 Å². The van der Waals surface area contributed by atoms with E-state index in [4.69, 9.17) is 11.6 Å². The van der Waals surface area contributed by atoms with Gasteiger partial charge in [-0.3, -0.25) is 9.69 Å². The molecule has 0 spiro atoms. The van der Waals surface area contributed by atoms with Gasteiger partial charge in [0.25, 0.3) is 0 Å². The summed E-state index contributed by atoms with van der Waals surface area (Å²) in [5, 5.41) is 6.80. The van der Waals surface area contributed by atoms with Gasteiger partial charge in [-0.1, -0.05) is 17.7 Å². The Hall–Kier alpha value is -0.810. The van der Waals surface area contributed by atoms with E-state index < -0.39 is 0 Å². The van der Waals surface area contributed by atoms with Crippen LogP contribution in [0.2, 0.25) is 5.02 Å². The first-order valence-electron chi connectivity index (χ1n) is 6.15. The van der Waals surface area contributed by atoms with Gasteiger partial charge in [-0.15, -0.1) is 12.4 Å². The van der Waals surface area contributed by atoms with E-state index in [1.165, 1.54) is 0 Å². The number of carbonyl (C=O) groups excluding carboxylic acids is 1. The number of halogens is 2. The number of carbonyl (C=O) groups is 1. The number of hydrogen-bond acceptors (Lipinski definition) is 3. The molecule has 0 aliphatic carbocycles. The molecule has 2 N–H and O–H groups in total. The molecule has 2 rings (SSSR count). The molecule has 1 aromatic carbocycles. The number of rotatable bonds is 3. The summed E-state index contributed by atoms with van der Waals surface area (Å²) in [5.74, 6) is 0.00557. The third kappa shape index (κ3) is 4.99. The van der Waals surface area contributed by atoms with Gasteiger partial charge in [0.05, 0.1) is 6.54 Å². The van der Waals surface area contributed by atoms with Crippen LogP contribution in [0.15, 0.2) is 24.3 Å². The van der Waals surface area contributed by atoms with Crippen LogP contribution in [0.25, 0.3) is 0 Å². The number of nitrogens with one attached hydrogen (secondary N) is 2. The number of hydrogen-bond donors (Lipinski definition) is 2. The van der Waals surface area contributed by atoms with Gasteiger partial charge in [0, 0.05) is 36.4 Å². The van der Waals surface area contributed by atoms with Crippen LogP contribution in [0.3, 0.4) is 0 Å². The van der Waals surface area contributed by atoms with Crippen molar-refractivity contribution in [2.24, 2.45) is 0 Å². The maximum absolute atomic E-state index is 11.9. The van der Waals surface area contributed by atoms with Gasteiger partial charge in [-0.05, 0) is 25.1 Å². The van der Waals surface area contributed by atoms with Crippen molar-refractivity contribution in [3.05, 3.63) is 29.3 Å². The average Bonchev–Trinajstić information content (AvgIpc) is 2.32. The summed E-state index contributed by atoms with van der Waals surface area (Å²) in [6.45, 7) is 5.33. The molecule has 1 heterocycles. The van der Waals surface area contributed by atoms with Crippen LogP contribution in [0.4, 0.5) is 5.69 Å². The van der Waals surface area contributed by atoms with Gasteiger partial charge in [-0.2, -0.15) is 0 Å². The Labute approximate surface area is 124 Å². The summed E-state index contributed by atoms with van der Waals surface area (Å²) in [7, 11) is 0. The molecule has 106 valence electrons. The Kier molecular flexibility index (Phi) is 6.58. The highest BCUT2D eigenvalue weighted by Gasteiger charge is 2.20. The van der Waals surface area contributed by atoms with Crippen molar-refractivity contribution in [1.82, 2.24) is 10.2 Å². The molecule has 4 nitrogen and oxygen atoms in total. The van der Waals surface area contributed by atoms with E-state index in [1.54, 1.807) is 12.1 Å². The number of amides is 1. The molecule has 1 aliphatic rings. The van der Waals surface area contributed by atoms with Gasteiger partial charge >= 0.3 is 0 Å². The van der Waals surface area contributed by atoms with Crippen molar-refractivity contribution in [3.8, 4) is 0 Å². The summed E-state index contributed by atoms with van der Waals surface area (Å²) in [6, 6.07) is 7.59. The minimum Gasteiger partial charge on any atom is -0.325 e. The molecule has 0 saturated carbocycles. The van der Waals surface area contributed by atoms with Crippen molar-refractivity contribution < 1.29 is 4.79 Å². The number of piperazine rings is 1. The number of anilines is 1. The van der Waals surface area contributed by atoms with E-state index in [2.05, 4.69) is 22.5 Å². The Morgan fingerprint density at radius 3 is 3.05 bits per heavy atom. The summed E-state index contributed by atoms with van der Waals surface area (Å²) >= 11 is 5.87. The third-order valence-electron chi connectivity index (χ3n) is 3.09. The molecule has 1 aliphatic heterocycles. The zero-order chi connectivity index (χ0) is 13.0. The van der Waals surface area contributed by atoms with E-state index in [0.717, 1.165) is 25.3 Å². The van der Waals surface area contributed by atoms with E-state index >= 15 is 0 Å². The van der Waals surface area contributed by atoms with Gasteiger partial charge in [0.2, 0.25) is 5.91 Å². The van der Waals surface area contributed by atoms with Crippen LogP contribution < -0.4 is 10.6 Å². The second-order valence-corrected chi connectivity index (χ2v) is 5.02. The number of nitrogens with zero attached hydrogens (tertiary/aromatic N) is 1. The first kappa shape index (κ1) is 16.2. The third-order valence-corrected chi connectivity index (χ3v) is 3.33. The predicted octanol–water partition coefficient (Wildman–Crippen LogP) is 1.99. The fraction of sp³-hybridized carbons (Fsp3) is 0.462. The largest absolute Gasteiger partial charge is 0.325 e. The molecule has 0 bridgehead atoms. The zero-order valence-corrected chi connectivity index (χ0v) is 12.4. The smallest absolute Gasteiger partial charge is 0.238 e. The van der Waals surface area contributed by atoms with Gasteiger partial charge in [0.15, 0.2) is 0 Å². The van der Waals surface area contributed by atoms with Crippen LogP contribution in [-0.4, -0.2) is 43.0 Å². The van der Waals surface area contributed by atoms with Crippen LogP contribution in [-0.2, 0) is 4.79 Å². The Morgan fingerprint density at radius 1 is 1.58 bits per heavy atom. The van der Waals surface area contributed by atoms with Crippen LogP contribution >= 0.6 is 24.0 Å². The molecule has 1 aromatic rings. The van der Waals surface area contributed by atoms with E-state index in [0.29, 0.717) is 17.6 Å². The van der Waals surface area contributed by atoms with Crippen molar-refractivity contribution in [1.29, 1.82) is 0 Å². The van der Waals surface area contributed by atoms with Crippen molar-refractivity contribution in [3.63, 3.8) is 0 Å². The molecule has 1 saturated heterocycles. The summed E-state index contributed by atoms with van der Waals surface area (Å²) in [6.07, 6.45) is 0. The summed E-state index contributed by atoms with van der Waals surface area (Å²) in [4.78, 5) is 14.1. The molecule has 1 atom stereocenters. The molecule has 1 amide bonds. The topological polar surface area (TPSA) is 44.4 Å². The van der Waals surface area contributed by atoms with Crippen molar-refractivity contribution >= 4 is 35.6 Å². The lowest BCUT2D eigenvalue weighted by Gasteiger charge is -2.33. The van der Waals surface area contributed by atoms with Crippen LogP contribution in [0.1, 0.15) is 6.92 Å². The highest BCUT2D eigenvalue weighted by Crippen LogP contribution is 2.15. The highest BCUT2D eigenvalue weighted by atomic mass is 35.5. The minimum absolute atomic E-state index is 0. The summed E-state index contributed by atoms with van der Waals surface area (Å²) in [5.41, 5.74) is 0.746. The lowest BCUT2D eigenvalue weighted by atomic mass is 10.2. The Morgan fingerprint density at radius 2 is 2.37 bits per heavy atom. The lowest BCUT2D eigenvalue weighted by molar-refractivity contribution is -0.118. The van der Waals surface area contributed by atoms with Crippen LogP contribution in [0, 0.1) is 0 Å². The SMILES string of the molecule is C[C@@H]1CNCCN1CC(=O)Nc1cccc(Cl)c1.Cl. The second-order valence-electron chi connectivity index (χ2n) is 4.58. The van der Waals surface area contributed by atoms with Crippen molar-refractivity contribution in [2.45, 2.75) is 13.0 Å². The monoisotopic (exact) mass is 303 g/mol. The van der Waals surface area contributed by atoms with Gasteiger partial charge in [-0.25, -0.2) is 0 Å². The summed E-state index contributed by atoms with van der Waals surface area (Å²) < 4.78 is 0. The molecule has 1 fully saturated rings. The van der Waals surface area contributed by atoms with E-state index in [1.807, 2.05) is 12.1 Å². The molecule has 0 aromatic heterocycles. The first-order chi connectivity index (χ1) is 8.65.